The number of aromatic nitrogens is 2. The molecule has 0 spiro atoms. The monoisotopic (exact) mass is 267 g/mol. The fourth-order valence-electron chi connectivity index (χ4n) is 1.23. The van der Waals surface area contributed by atoms with Crippen LogP contribution in [0.2, 0.25) is 0 Å². The van der Waals surface area contributed by atoms with Gasteiger partial charge in [0.25, 0.3) is 0 Å². The lowest BCUT2D eigenvalue weighted by Crippen LogP contribution is -2.39. The fraction of sp³-hybridized carbons (Fsp3) is 0.667. The van der Waals surface area contributed by atoms with E-state index in [9.17, 15) is 18.0 Å². The number of nitrogens with zero attached hydrogens (tertiary/aromatic N) is 2. The number of aryl methyl sites for hydroxylation is 1. The first-order valence-electron chi connectivity index (χ1n) is 5.10. The maximum atomic E-state index is 12.3. The van der Waals surface area contributed by atoms with Gasteiger partial charge in [0.1, 0.15) is 0 Å². The Balaban J connectivity index is 2.34. The van der Waals surface area contributed by atoms with Gasteiger partial charge in [0.05, 0.1) is 0 Å². The highest BCUT2D eigenvalue weighted by Gasteiger charge is 2.44. The lowest BCUT2D eigenvalue weighted by atomic mass is 10.1. The Morgan fingerprint density at radius 1 is 1.56 bits per heavy atom. The van der Waals surface area contributed by atoms with Crippen molar-refractivity contribution < 1.29 is 27.6 Å². The second-order valence-corrected chi connectivity index (χ2v) is 3.62. The van der Waals surface area contributed by atoms with Crippen LogP contribution in [-0.2, 0) is 11.2 Å². The highest BCUT2D eigenvalue weighted by Crippen LogP contribution is 2.25. The molecule has 1 aromatic heterocycles. The van der Waals surface area contributed by atoms with E-state index in [-0.39, 0.29) is 13.0 Å². The van der Waals surface area contributed by atoms with Crippen LogP contribution in [-0.4, -0.2) is 40.5 Å². The van der Waals surface area contributed by atoms with Crippen LogP contribution in [0.5, 0.6) is 0 Å². The summed E-state index contributed by atoms with van der Waals surface area (Å²) in [5.74, 6) is -3.59. The zero-order valence-corrected chi connectivity index (χ0v) is 9.49. The fourth-order valence-corrected chi connectivity index (χ4v) is 1.23. The lowest BCUT2D eigenvalue weighted by molar-refractivity contribution is -0.192. The summed E-state index contributed by atoms with van der Waals surface area (Å²) < 4.78 is 41.5. The summed E-state index contributed by atoms with van der Waals surface area (Å²) in [6.45, 7) is 1.04. The van der Waals surface area contributed by atoms with Gasteiger partial charge >= 0.3 is 12.1 Å². The first kappa shape index (κ1) is 14.4. The molecule has 0 aromatic carbocycles. The zero-order chi connectivity index (χ0) is 13.8. The molecule has 1 rings (SSSR count). The number of carbonyl (C=O) groups is 1. The van der Waals surface area contributed by atoms with Crippen molar-refractivity contribution in [2.45, 2.75) is 19.5 Å². The van der Waals surface area contributed by atoms with Gasteiger partial charge in [-0.3, -0.25) is 4.79 Å². The van der Waals surface area contributed by atoms with Crippen molar-refractivity contribution in [1.82, 2.24) is 15.5 Å². The van der Waals surface area contributed by atoms with Crippen LogP contribution in [0, 0.1) is 12.8 Å². The molecule has 0 aliphatic rings. The number of aliphatic carboxylic acids is 1. The van der Waals surface area contributed by atoms with Crippen molar-refractivity contribution in [2.24, 2.45) is 5.92 Å². The van der Waals surface area contributed by atoms with Gasteiger partial charge in [0.15, 0.2) is 11.7 Å². The largest absolute Gasteiger partial charge is 0.481 e. The Bertz CT molecular complexity index is 405. The van der Waals surface area contributed by atoms with Crippen LogP contribution < -0.4 is 5.32 Å². The zero-order valence-electron chi connectivity index (χ0n) is 9.49. The molecule has 0 fully saturated rings. The van der Waals surface area contributed by atoms with E-state index in [4.69, 9.17) is 5.11 Å². The Kier molecular flexibility index (Phi) is 4.65. The molecule has 18 heavy (non-hydrogen) atoms. The van der Waals surface area contributed by atoms with Crippen LogP contribution in [0.4, 0.5) is 13.2 Å². The molecule has 0 aliphatic heterocycles. The van der Waals surface area contributed by atoms with E-state index < -0.39 is 24.6 Å². The maximum Gasteiger partial charge on any atom is 0.403 e. The minimum absolute atomic E-state index is 0.138. The summed E-state index contributed by atoms with van der Waals surface area (Å²) in [7, 11) is 0. The SMILES string of the molecule is Cc1nc(CCNCC(C(=O)O)C(F)(F)F)no1. The van der Waals surface area contributed by atoms with Crippen LogP contribution in [0.3, 0.4) is 0 Å². The molecule has 0 radical (unpaired) electrons. The van der Waals surface area contributed by atoms with Gasteiger partial charge in [0.2, 0.25) is 5.89 Å². The van der Waals surface area contributed by atoms with Crippen LogP contribution in [0.15, 0.2) is 4.52 Å². The van der Waals surface area contributed by atoms with Crippen molar-refractivity contribution in [3.05, 3.63) is 11.7 Å². The summed E-state index contributed by atoms with van der Waals surface area (Å²) in [5, 5.41) is 14.4. The van der Waals surface area contributed by atoms with Gasteiger partial charge in [-0.2, -0.15) is 18.2 Å². The third kappa shape index (κ3) is 4.32. The molecule has 0 amide bonds. The Morgan fingerprint density at radius 3 is 2.67 bits per heavy atom. The average Bonchev–Trinajstić information content (AvgIpc) is 2.61. The van der Waals surface area contributed by atoms with Crippen molar-refractivity contribution in [3.8, 4) is 0 Å². The molecule has 0 saturated heterocycles. The van der Waals surface area contributed by atoms with Crippen LogP contribution in [0.1, 0.15) is 11.7 Å². The van der Waals surface area contributed by atoms with Gasteiger partial charge in [-0.05, 0) is 0 Å². The van der Waals surface area contributed by atoms with Gasteiger partial charge < -0.3 is 14.9 Å². The van der Waals surface area contributed by atoms with E-state index >= 15 is 0 Å². The first-order chi connectivity index (χ1) is 8.30. The number of carboxylic acids is 1. The quantitative estimate of drug-likeness (QED) is 0.740. The summed E-state index contributed by atoms with van der Waals surface area (Å²) >= 11 is 0. The van der Waals surface area contributed by atoms with Gasteiger partial charge in [-0.1, -0.05) is 5.16 Å². The molecule has 1 unspecified atom stereocenters. The third-order valence-corrected chi connectivity index (χ3v) is 2.14. The van der Waals surface area contributed by atoms with Crippen molar-refractivity contribution in [1.29, 1.82) is 0 Å². The predicted molar refractivity (Wildman–Crippen MR) is 52.8 cm³/mol. The maximum absolute atomic E-state index is 12.3. The molecule has 9 heteroatoms. The van der Waals surface area contributed by atoms with Gasteiger partial charge in [-0.15, -0.1) is 0 Å². The van der Waals surface area contributed by atoms with E-state index in [1.165, 1.54) is 0 Å². The predicted octanol–water partition coefficient (Wildman–Crippen LogP) is 0.773. The Labute approximate surface area is 100 Å². The highest BCUT2D eigenvalue weighted by molar-refractivity contribution is 5.71. The summed E-state index contributed by atoms with van der Waals surface area (Å²) in [4.78, 5) is 14.3. The minimum Gasteiger partial charge on any atom is -0.481 e. The number of hydrogen-bond donors (Lipinski definition) is 2. The summed E-state index contributed by atoms with van der Waals surface area (Å²) in [5.41, 5.74) is 0. The summed E-state index contributed by atoms with van der Waals surface area (Å²) in [6.07, 6.45) is -4.50. The lowest BCUT2D eigenvalue weighted by Gasteiger charge is -2.16. The van der Waals surface area contributed by atoms with Gasteiger partial charge in [-0.25, -0.2) is 0 Å². The Morgan fingerprint density at radius 2 is 2.22 bits per heavy atom. The number of rotatable bonds is 6. The Hall–Kier alpha value is -1.64. The van der Waals surface area contributed by atoms with Crippen LogP contribution >= 0.6 is 0 Å². The van der Waals surface area contributed by atoms with Crippen molar-refractivity contribution >= 4 is 5.97 Å². The summed E-state index contributed by atoms with van der Waals surface area (Å²) in [6, 6.07) is 0. The molecule has 1 atom stereocenters. The second-order valence-electron chi connectivity index (χ2n) is 3.62. The molecule has 2 N–H and O–H groups in total. The number of halogens is 3. The van der Waals surface area contributed by atoms with E-state index in [1.807, 2.05) is 0 Å². The van der Waals surface area contributed by atoms with Crippen LogP contribution in [0.25, 0.3) is 0 Å². The van der Waals surface area contributed by atoms with E-state index in [2.05, 4.69) is 20.0 Å². The second kappa shape index (κ2) is 5.80. The van der Waals surface area contributed by atoms with E-state index in [0.717, 1.165) is 0 Å². The molecule has 1 heterocycles. The average molecular weight is 267 g/mol. The molecule has 1 aromatic rings. The molecule has 0 saturated carbocycles. The van der Waals surface area contributed by atoms with Crippen molar-refractivity contribution in [2.75, 3.05) is 13.1 Å². The molecular formula is C9H12F3N3O3. The van der Waals surface area contributed by atoms with Gasteiger partial charge in [0, 0.05) is 26.4 Å². The van der Waals surface area contributed by atoms with E-state index in [0.29, 0.717) is 11.7 Å². The normalized spacial score (nSPS) is 13.6. The number of nitrogens with one attached hydrogen (secondary N) is 1. The first-order valence-corrected chi connectivity index (χ1v) is 5.10. The third-order valence-electron chi connectivity index (χ3n) is 2.14. The number of carboxylic acid groups (broad SMARTS) is 1. The molecule has 6 nitrogen and oxygen atoms in total. The standard InChI is InChI=1S/C9H12F3N3O3/c1-5-14-7(15-18-5)2-3-13-4-6(8(16)17)9(10,11)12/h6,13H,2-4H2,1H3,(H,16,17). The minimum atomic E-state index is -4.76. The van der Waals surface area contributed by atoms with Crippen molar-refractivity contribution in [3.63, 3.8) is 0 Å². The molecular weight excluding hydrogens is 255 g/mol. The molecule has 0 bridgehead atoms. The van der Waals surface area contributed by atoms with E-state index in [1.54, 1.807) is 6.92 Å². The highest BCUT2D eigenvalue weighted by atomic mass is 19.4. The molecule has 0 aliphatic carbocycles. The smallest absolute Gasteiger partial charge is 0.403 e. The topological polar surface area (TPSA) is 88.2 Å². The molecule has 102 valence electrons. The number of alkyl halides is 3. The number of hydrogen-bond acceptors (Lipinski definition) is 5.